The molecule has 0 spiro atoms. The zero-order valence-electron chi connectivity index (χ0n) is 15.1. The van der Waals surface area contributed by atoms with E-state index in [0.29, 0.717) is 0 Å². The van der Waals surface area contributed by atoms with Gasteiger partial charge in [0, 0.05) is 20.2 Å². The van der Waals surface area contributed by atoms with Gasteiger partial charge in [0.05, 0.1) is 9.40 Å². The van der Waals surface area contributed by atoms with Crippen molar-refractivity contribution in [1.29, 1.82) is 0 Å². The van der Waals surface area contributed by atoms with Crippen molar-refractivity contribution in [3.8, 4) is 0 Å². The molecule has 0 unspecified atom stereocenters. The summed E-state index contributed by atoms with van der Waals surface area (Å²) >= 11 is 3.88. The summed E-state index contributed by atoms with van der Waals surface area (Å²) < 4.78 is 5.69. The molecular weight excluding hydrogens is 364 g/mol. The van der Waals surface area contributed by atoms with Gasteiger partial charge in [-0.2, -0.15) is 0 Å². The monoisotopic (exact) mass is 382 g/mol. The smallest absolute Gasteiger partial charge is 0.0542 e. The highest BCUT2D eigenvalue weighted by atomic mass is 32.1. The Morgan fingerprint density at radius 2 is 1.59 bits per heavy atom. The quantitative estimate of drug-likeness (QED) is 0.273. The average Bonchev–Trinajstić information content (AvgIpc) is 3.22. The van der Waals surface area contributed by atoms with Crippen molar-refractivity contribution in [2.24, 2.45) is 0 Å². The molecule has 0 nitrogen and oxygen atoms in total. The lowest BCUT2D eigenvalue weighted by Crippen LogP contribution is -1.86. The molecule has 0 aliphatic heterocycles. The molecule has 0 bridgehead atoms. The second-order valence-corrected chi connectivity index (χ2v) is 9.52. The minimum absolute atomic E-state index is 1.15. The van der Waals surface area contributed by atoms with Gasteiger partial charge in [0.25, 0.3) is 0 Å². The number of aryl methyl sites for hydroxylation is 1. The molecule has 130 valence electrons. The first-order chi connectivity index (χ1) is 13.3. The van der Waals surface area contributed by atoms with E-state index < -0.39 is 0 Å². The van der Waals surface area contributed by atoms with E-state index in [9.17, 15) is 0 Å². The number of thiophene rings is 2. The Hall–Kier alpha value is -2.42. The molecule has 0 fully saturated rings. The van der Waals surface area contributed by atoms with E-state index in [-0.39, 0.29) is 0 Å². The van der Waals surface area contributed by atoms with E-state index >= 15 is 0 Å². The maximum atomic E-state index is 2.41. The van der Waals surface area contributed by atoms with Crippen LogP contribution in [0, 0.1) is 6.92 Å². The molecule has 0 saturated heterocycles. The van der Waals surface area contributed by atoms with E-state index in [0.717, 1.165) is 12.8 Å². The lowest BCUT2D eigenvalue weighted by Gasteiger charge is -2.08. The SMILES string of the molecule is Cc1ccc2sc3c4cc5cc(C6=CCCC=C6)ccc5cc4sc3c2c1. The van der Waals surface area contributed by atoms with Crippen molar-refractivity contribution < 1.29 is 0 Å². The number of hydrogen-bond donors (Lipinski definition) is 0. The fourth-order valence-corrected chi connectivity index (χ4v) is 6.77. The van der Waals surface area contributed by atoms with Crippen molar-refractivity contribution in [3.05, 3.63) is 77.9 Å². The first-order valence-corrected chi connectivity index (χ1v) is 11.1. The zero-order valence-corrected chi connectivity index (χ0v) is 16.7. The fourth-order valence-electron chi connectivity index (χ4n) is 4.12. The van der Waals surface area contributed by atoms with Crippen molar-refractivity contribution in [1.82, 2.24) is 0 Å². The maximum absolute atomic E-state index is 2.41. The first kappa shape index (κ1) is 15.6. The van der Waals surface area contributed by atoms with Crippen LogP contribution in [0.2, 0.25) is 0 Å². The van der Waals surface area contributed by atoms with Crippen molar-refractivity contribution in [2.45, 2.75) is 19.8 Å². The molecule has 2 aromatic heterocycles. The topological polar surface area (TPSA) is 0 Å². The molecule has 0 amide bonds. The molecule has 0 N–H and O–H groups in total. The second-order valence-electron chi connectivity index (χ2n) is 7.41. The summed E-state index contributed by atoms with van der Waals surface area (Å²) in [5, 5.41) is 5.50. The predicted octanol–water partition coefficient (Wildman–Crippen LogP) is 8.46. The number of benzene rings is 3. The minimum Gasteiger partial charge on any atom is -0.134 e. The van der Waals surface area contributed by atoms with Crippen LogP contribution in [-0.2, 0) is 0 Å². The van der Waals surface area contributed by atoms with Gasteiger partial charge in [-0.3, -0.25) is 0 Å². The van der Waals surface area contributed by atoms with E-state index in [1.165, 1.54) is 57.0 Å². The van der Waals surface area contributed by atoms with Crippen LogP contribution in [0.25, 0.3) is 45.9 Å². The highest BCUT2D eigenvalue weighted by molar-refractivity contribution is 7.36. The molecule has 0 atom stereocenters. The van der Waals surface area contributed by atoms with Gasteiger partial charge in [0.1, 0.15) is 0 Å². The van der Waals surface area contributed by atoms with Crippen molar-refractivity contribution >= 4 is 68.6 Å². The maximum Gasteiger partial charge on any atom is 0.0542 e. The molecule has 2 heterocycles. The van der Waals surface area contributed by atoms with Gasteiger partial charge in [-0.25, -0.2) is 0 Å². The molecule has 27 heavy (non-hydrogen) atoms. The predicted molar refractivity (Wildman–Crippen MR) is 123 cm³/mol. The van der Waals surface area contributed by atoms with E-state index in [4.69, 9.17) is 0 Å². The second kappa shape index (κ2) is 5.79. The molecular formula is C25H18S2. The van der Waals surface area contributed by atoms with Crippen LogP contribution in [0.3, 0.4) is 0 Å². The van der Waals surface area contributed by atoms with Crippen LogP contribution in [0.5, 0.6) is 0 Å². The Kier molecular flexibility index (Phi) is 3.35. The first-order valence-electron chi connectivity index (χ1n) is 9.42. The van der Waals surface area contributed by atoms with Crippen molar-refractivity contribution in [3.63, 3.8) is 0 Å². The van der Waals surface area contributed by atoms with Gasteiger partial charge >= 0.3 is 0 Å². The van der Waals surface area contributed by atoms with Gasteiger partial charge in [0.15, 0.2) is 0 Å². The van der Waals surface area contributed by atoms with E-state index in [1.807, 2.05) is 22.7 Å². The van der Waals surface area contributed by atoms with Crippen LogP contribution < -0.4 is 0 Å². The Balaban J connectivity index is 1.63. The number of allylic oxidation sites excluding steroid dienone is 4. The third kappa shape index (κ3) is 2.40. The summed E-state index contributed by atoms with van der Waals surface area (Å²) in [5.41, 5.74) is 4.02. The Morgan fingerprint density at radius 3 is 2.44 bits per heavy atom. The number of rotatable bonds is 1. The van der Waals surface area contributed by atoms with Gasteiger partial charge in [-0.05, 0) is 72.0 Å². The summed E-state index contributed by atoms with van der Waals surface area (Å²) in [7, 11) is 0. The lowest BCUT2D eigenvalue weighted by molar-refractivity contribution is 1.04. The molecule has 6 rings (SSSR count). The van der Waals surface area contributed by atoms with Gasteiger partial charge in [0.2, 0.25) is 0 Å². The van der Waals surface area contributed by atoms with E-state index in [1.54, 1.807) is 0 Å². The third-order valence-corrected chi connectivity index (χ3v) is 8.04. The Bertz CT molecular complexity index is 1420. The standard InChI is InChI=1S/C25H18S2/c1-15-7-10-22-20(11-15)24-25(26-22)21-13-19-12-17(16-5-3-2-4-6-16)8-9-18(19)14-23(21)27-24/h3,5-14H,2,4H2,1H3. The van der Waals surface area contributed by atoms with Gasteiger partial charge < -0.3 is 0 Å². The highest BCUT2D eigenvalue weighted by Gasteiger charge is 2.13. The van der Waals surface area contributed by atoms with Crippen LogP contribution >= 0.6 is 22.7 Å². The van der Waals surface area contributed by atoms with Gasteiger partial charge in [-0.15, -0.1) is 22.7 Å². The molecule has 1 aliphatic carbocycles. The Morgan fingerprint density at radius 1 is 0.741 bits per heavy atom. The van der Waals surface area contributed by atoms with Crippen LogP contribution in [0.1, 0.15) is 24.0 Å². The summed E-state index contributed by atoms with van der Waals surface area (Å²) in [6.45, 7) is 2.18. The van der Waals surface area contributed by atoms with E-state index in [2.05, 4.69) is 73.7 Å². The van der Waals surface area contributed by atoms with Crippen LogP contribution in [0.15, 0.2) is 66.8 Å². The fraction of sp³-hybridized carbons (Fsp3) is 0.120. The van der Waals surface area contributed by atoms with Crippen LogP contribution in [-0.4, -0.2) is 0 Å². The largest absolute Gasteiger partial charge is 0.134 e. The summed E-state index contributed by atoms with van der Waals surface area (Å²) in [4.78, 5) is 0. The van der Waals surface area contributed by atoms with Gasteiger partial charge in [-0.1, -0.05) is 42.0 Å². The lowest BCUT2D eigenvalue weighted by atomic mass is 9.97. The molecule has 5 aromatic rings. The van der Waals surface area contributed by atoms with Crippen molar-refractivity contribution in [2.75, 3.05) is 0 Å². The average molecular weight is 383 g/mol. The molecule has 3 aromatic carbocycles. The van der Waals surface area contributed by atoms with Crippen LogP contribution in [0.4, 0.5) is 0 Å². The molecule has 1 aliphatic rings. The molecule has 0 saturated carbocycles. The number of hydrogen-bond acceptors (Lipinski definition) is 2. The summed E-state index contributed by atoms with van der Waals surface area (Å²) in [5.74, 6) is 0. The Labute approximate surface area is 166 Å². The summed E-state index contributed by atoms with van der Waals surface area (Å²) in [6, 6.07) is 18.5. The molecule has 2 heteroatoms. The zero-order chi connectivity index (χ0) is 18.0. The third-order valence-electron chi connectivity index (χ3n) is 5.52. The highest BCUT2D eigenvalue weighted by Crippen LogP contribution is 2.45. The normalized spacial score (nSPS) is 14.6. The minimum atomic E-state index is 1.15. The molecule has 0 radical (unpaired) electrons. The number of fused-ring (bicyclic) bond motifs is 6. The summed E-state index contributed by atoms with van der Waals surface area (Å²) in [6.07, 6.45) is 9.21.